The number of carbonyl (C=O) groups excluding carboxylic acids is 2. The van der Waals surface area contributed by atoms with Crippen LogP contribution in [-0.4, -0.2) is 31.5 Å². The lowest BCUT2D eigenvalue weighted by molar-refractivity contribution is 0.0525. The van der Waals surface area contributed by atoms with Gasteiger partial charge in [-0.05, 0) is 51.5 Å². The Labute approximate surface area is 188 Å². The average molecular weight is 455 g/mol. The molecule has 0 aliphatic rings. The molecule has 0 fully saturated rings. The van der Waals surface area contributed by atoms with E-state index >= 15 is 0 Å². The van der Waals surface area contributed by atoms with Gasteiger partial charge < -0.3 is 4.74 Å². The molecule has 0 unspecified atom stereocenters. The minimum Gasteiger partial charge on any atom is -0.462 e. The number of aromatic nitrogens is 1. The number of aryl methyl sites for hydroxylation is 1. The van der Waals surface area contributed by atoms with Crippen molar-refractivity contribution in [3.8, 4) is 0 Å². The van der Waals surface area contributed by atoms with Gasteiger partial charge in [0.1, 0.15) is 0 Å². The summed E-state index contributed by atoms with van der Waals surface area (Å²) >= 11 is 0. The molecule has 168 valence electrons. The van der Waals surface area contributed by atoms with Gasteiger partial charge in [-0.2, -0.15) is 8.42 Å². The van der Waals surface area contributed by atoms with Crippen molar-refractivity contribution in [3.63, 3.8) is 0 Å². The van der Waals surface area contributed by atoms with Gasteiger partial charge in [0.25, 0.3) is 10.0 Å². The molecule has 2 aromatic carbocycles. The molecule has 3 rings (SSSR count). The van der Waals surface area contributed by atoms with E-state index in [0.29, 0.717) is 23.4 Å². The Balaban J connectivity index is 2.01. The molecule has 0 amide bonds. The third kappa shape index (κ3) is 5.08. The highest BCUT2D eigenvalue weighted by molar-refractivity contribution is 7.92. The second-order valence-corrected chi connectivity index (χ2v) is 9.19. The zero-order valence-electron chi connectivity index (χ0n) is 18.5. The van der Waals surface area contributed by atoms with E-state index in [1.807, 2.05) is 19.1 Å². The maximum absolute atomic E-state index is 13.0. The van der Waals surface area contributed by atoms with E-state index in [-0.39, 0.29) is 22.8 Å². The first-order valence-corrected chi connectivity index (χ1v) is 11.7. The van der Waals surface area contributed by atoms with E-state index in [9.17, 15) is 18.0 Å². The minimum atomic E-state index is -3.89. The van der Waals surface area contributed by atoms with Crippen molar-refractivity contribution in [1.82, 2.24) is 4.68 Å². The topological polar surface area (TPSA) is 94.5 Å². The largest absolute Gasteiger partial charge is 0.462 e. The van der Waals surface area contributed by atoms with Crippen LogP contribution in [0.15, 0.2) is 59.5 Å². The highest BCUT2D eigenvalue weighted by atomic mass is 32.2. The number of nitrogens with zero attached hydrogens (tertiary/aromatic N) is 1. The fourth-order valence-electron chi connectivity index (χ4n) is 3.30. The monoisotopic (exact) mass is 454 g/mol. The van der Waals surface area contributed by atoms with Gasteiger partial charge in [-0.3, -0.25) is 9.47 Å². The molecular weight excluding hydrogens is 428 g/mol. The highest BCUT2D eigenvalue weighted by Gasteiger charge is 2.23. The Kier molecular flexibility index (Phi) is 6.84. The second kappa shape index (κ2) is 9.40. The molecule has 0 radical (unpaired) electrons. The lowest BCUT2D eigenvalue weighted by atomic mass is 10.1. The summed E-state index contributed by atoms with van der Waals surface area (Å²) in [4.78, 5) is 26.7. The molecule has 0 bridgehead atoms. The Morgan fingerprint density at radius 1 is 1.00 bits per heavy atom. The lowest BCUT2D eigenvalue weighted by Crippen LogP contribution is -2.26. The van der Waals surface area contributed by atoms with Crippen LogP contribution < -0.4 is 4.83 Å². The molecule has 0 saturated heterocycles. The van der Waals surface area contributed by atoms with Crippen molar-refractivity contribution >= 4 is 21.8 Å². The summed E-state index contributed by atoms with van der Waals surface area (Å²) in [5.41, 5.74) is 3.67. The van der Waals surface area contributed by atoms with Crippen LogP contribution in [-0.2, 0) is 21.2 Å². The van der Waals surface area contributed by atoms with Gasteiger partial charge in [-0.25, -0.2) is 9.63 Å². The van der Waals surface area contributed by atoms with E-state index in [1.54, 1.807) is 44.2 Å². The SMILES string of the molecule is CCOC(=O)c1cc(Cc2ccc(C(C)=O)cc2)n(NS(=O)(=O)c2ccc(C)cc2)c1C. The number of esters is 1. The molecular formula is C24H26N2O5S. The van der Waals surface area contributed by atoms with Crippen LogP contribution in [0, 0.1) is 13.8 Å². The number of benzene rings is 2. The Morgan fingerprint density at radius 2 is 1.62 bits per heavy atom. The molecule has 1 heterocycles. The number of ketones is 1. The molecule has 0 aliphatic heterocycles. The Bertz CT molecular complexity index is 1240. The van der Waals surface area contributed by atoms with E-state index in [1.165, 1.54) is 23.7 Å². The van der Waals surface area contributed by atoms with Gasteiger partial charge in [-0.15, -0.1) is 0 Å². The molecule has 7 nitrogen and oxygen atoms in total. The zero-order chi connectivity index (χ0) is 23.5. The molecule has 0 saturated carbocycles. The van der Waals surface area contributed by atoms with Crippen molar-refractivity contribution in [3.05, 3.63) is 88.2 Å². The van der Waals surface area contributed by atoms with Crippen molar-refractivity contribution in [2.24, 2.45) is 0 Å². The van der Waals surface area contributed by atoms with Crippen LogP contribution in [0.3, 0.4) is 0 Å². The smallest absolute Gasteiger partial charge is 0.340 e. The number of hydrogen-bond donors (Lipinski definition) is 1. The first-order valence-electron chi connectivity index (χ1n) is 10.2. The predicted molar refractivity (Wildman–Crippen MR) is 122 cm³/mol. The van der Waals surface area contributed by atoms with Crippen LogP contribution in [0.1, 0.15) is 57.1 Å². The quantitative estimate of drug-likeness (QED) is 0.410. The van der Waals surface area contributed by atoms with Crippen molar-refractivity contribution in [2.75, 3.05) is 11.4 Å². The van der Waals surface area contributed by atoms with Crippen molar-refractivity contribution < 1.29 is 22.7 Å². The van der Waals surface area contributed by atoms with Crippen molar-refractivity contribution in [1.29, 1.82) is 0 Å². The predicted octanol–water partition coefficient (Wildman–Crippen LogP) is 4.01. The third-order valence-corrected chi connectivity index (χ3v) is 6.42. The van der Waals surface area contributed by atoms with Gasteiger partial charge >= 0.3 is 5.97 Å². The normalized spacial score (nSPS) is 11.2. The summed E-state index contributed by atoms with van der Waals surface area (Å²) < 4.78 is 32.6. The van der Waals surface area contributed by atoms with Gasteiger partial charge in [0.15, 0.2) is 5.78 Å². The second-order valence-electron chi connectivity index (χ2n) is 7.53. The van der Waals surface area contributed by atoms with Crippen LogP contribution in [0.4, 0.5) is 0 Å². The molecule has 32 heavy (non-hydrogen) atoms. The first-order chi connectivity index (χ1) is 15.1. The summed E-state index contributed by atoms with van der Waals surface area (Å²) in [6.07, 6.45) is 0.342. The maximum atomic E-state index is 13.0. The first kappa shape index (κ1) is 23.3. The van der Waals surface area contributed by atoms with E-state index in [0.717, 1.165) is 11.1 Å². The summed E-state index contributed by atoms with van der Waals surface area (Å²) in [6.45, 7) is 6.95. The number of carbonyl (C=O) groups is 2. The van der Waals surface area contributed by atoms with E-state index < -0.39 is 16.0 Å². The number of sulfonamides is 1. The van der Waals surface area contributed by atoms with Crippen molar-refractivity contribution in [2.45, 2.75) is 39.0 Å². The van der Waals surface area contributed by atoms with Crippen LogP contribution >= 0.6 is 0 Å². The number of rotatable bonds is 8. The molecule has 1 N–H and O–H groups in total. The van der Waals surface area contributed by atoms with Gasteiger partial charge in [0.05, 0.1) is 22.8 Å². The third-order valence-electron chi connectivity index (χ3n) is 5.11. The van der Waals surface area contributed by atoms with Crippen LogP contribution in [0.25, 0.3) is 0 Å². The Hall–Kier alpha value is -3.39. The maximum Gasteiger partial charge on any atom is 0.340 e. The molecule has 0 aliphatic carbocycles. The number of nitrogens with one attached hydrogen (secondary N) is 1. The van der Waals surface area contributed by atoms with Crippen LogP contribution in [0.5, 0.6) is 0 Å². The molecule has 1 aromatic heterocycles. The molecule has 0 spiro atoms. The summed E-state index contributed by atoms with van der Waals surface area (Å²) in [7, 11) is -3.89. The van der Waals surface area contributed by atoms with Gasteiger partial charge in [0, 0.05) is 17.7 Å². The van der Waals surface area contributed by atoms with E-state index in [4.69, 9.17) is 4.74 Å². The molecule has 0 atom stereocenters. The standard InChI is InChI=1S/C24H26N2O5S/c1-5-31-24(28)23-15-21(14-19-8-10-20(11-9-19)18(4)27)26(17(23)3)25-32(29,30)22-12-6-16(2)7-13-22/h6-13,15,25H,5,14H2,1-4H3. The number of ether oxygens (including phenoxy) is 1. The summed E-state index contributed by atoms with van der Waals surface area (Å²) in [5, 5.41) is 0. The number of hydrogen-bond acceptors (Lipinski definition) is 5. The zero-order valence-corrected chi connectivity index (χ0v) is 19.3. The molecule has 8 heteroatoms. The fraction of sp³-hybridized carbons (Fsp3) is 0.250. The average Bonchev–Trinajstić information content (AvgIpc) is 3.04. The van der Waals surface area contributed by atoms with E-state index in [2.05, 4.69) is 4.83 Å². The van der Waals surface area contributed by atoms with Crippen LogP contribution in [0.2, 0.25) is 0 Å². The number of Topliss-reactive ketones (excluding diaryl/α,β-unsaturated/α-hetero) is 1. The summed E-state index contributed by atoms with van der Waals surface area (Å²) in [5.74, 6) is -0.558. The fourth-order valence-corrected chi connectivity index (χ4v) is 4.40. The lowest BCUT2D eigenvalue weighted by Gasteiger charge is -2.15. The van der Waals surface area contributed by atoms with Gasteiger partial charge in [-0.1, -0.05) is 42.0 Å². The minimum absolute atomic E-state index is 0.0359. The molecule has 3 aromatic rings. The van der Waals surface area contributed by atoms with Gasteiger partial charge in [0.2, 0.25) is 0 Å². The summed E-state index contributed by atoms with van der Waals surface area (Å²) in [6, 6.07) is 15.2. The highest BCUT2D eigenvalue weighted by Crippen LogP contribution is 2.21. The Morgan fingerprint density at radius 3 is 2.19 bits per heavy atom.